The second-order valence-electron chi connectivity index (χ2n) is 5.64. The Labute approximate surface area is 111 Å². The van der Waals surface area contributed by atoms with Gasteiger partial charge in [-0.15, -0.1) is 0 Å². The predicted molar refractivity (Wildman–Crippen MR) is 76.2 cm³/mol. The van der Waals surface area contributed by atoms with Crippen LogP contribution in [-0.4, -0.2) is 18.7 Å². The van der Waals surface area contributed by atoms with Gasteiger partial charge < -0.3 is 10.1 Å². The highest BCUT2D eigenvalue weighted by Crippen LogP contribution is 2.29. The summed E-state index contributed by atoms with van der Waals surface area (Å²) in [6.45, 7) is 9.88. The van der Waals surface area contributed by atoms with Crippen LogP contribution in [0, 0.1) is 12.8 Å². The Morgan fingerprint density at radius 1 is 1.39 bits per heavy atom. The lowest BCUT2D eigenvalue weighted by Crippen LogP contribution is -2.39. The molecule has 3 unspecified atom stereocenters. The lowest BCUT2D eigenvalue weighted by Gasteiger charge is -2.22. The van der Waals surface area contributed by atoms with Crippen LogP contribution in [0.3, 0.4) is 0 Å². The first-order valence-electron chi connectivity index (χ1n) is 7.09. The van der Waals surface area contributed by atoms with Crippen molar-refractivity contribution < 1.29 is 4.74 Å². The van der Waals surface area contributed by atoms with Crippen LogP contribution in [-0.2, 0) is 6.42 Å². The van der Waals surface area contributed by atoms with Gasteiger partial charge in [-0.3, -0.25) is 0 Å². The van der Waals surface area contributed by atoms with Gasteiger partial charge in [0.15, 0.2) is 0 Å². The van der Waals surface area contributed by atoms with E-state index in [4.69, 9.17) is 4.74 Å². The fraction of sp³-hybridized carbons (Fsp3) is 0.625. The summed E-state index contributed by atoms with van der Waals surface area (Å²) in [7, 11) is 0. The number of aryl methyl sites for hydroxylation is 1. The minimum absolute atomic E-state index is 0.299. The molecule has 0 bridgehead atoms. The molecule has 1 aromatic rings. The first kappa shape index (κ1) is 13.4. The van der Waals surface area contributed by atoms with Gasteiger partial charge in [-0.25, -0.2) is 0 Å². The van der Waals surface area contributed by atoms with Crippen molar-refractivity contribution in [3.05, 3.63) is 29.3 Å². The first-order valence-corrected chi connectivity index (χ1v) is 7.09. The van der Waals surface area contributed by atoms with E-state index in [2.05, 4.69) is 51.2 Å². The van der Waals surface area contributed by atoms with Gasteiger partial charge in [0.25, 0.3) is 0 Å². The third kappa shape index (κ3) is 3.05. The Balaban J connectivity index is 1.85. The van der Waals surface area contributed by atoms with Crippen LogP contribution in [0.15, 0.2) is 18.2 Å². The zero-order valence-electron chi connectivity index (χ0n) is 12.0. The van der Waals surface area contributed by atoms with E-state index in [0.717, 1.165) is 24.6 Å². The molecule has 1 aliphatic heterocycles. The number of fused-ring (bicyclic) bond motifs is 1. The molecule has 2 heteroatoms. The van der Waals surface area contributed by atoms with Gasteiger partial charge in [-0.05, 0) is 31.4 Å². The van der Waals surface area contributed by atoms with E-state index < -0.39 is 0 Å². The van der Waals surface area contributed by atoms with E-state index in [-0.39, 0.29) is 0 Å². The first-order chi connectivity index (χ1) is 8.60. The maximum Gasteiger partial charge on any atom is 0.123 e. The number of nitrogens with one attached hydrogen (secondary N) is 1. The molecule has 1 heterocycles. The van der Waals surface area contributed by atoms with Gasteiger partial charge in [0.2, 0.25) is 0 Å². The summed E-state index contributed by atoms with van der Waals surface area (Å²) in [4.78, 5) is 0. The molecule has 1 N–H and O–H groups in total. The van der Waals surface area contributed by atoms with Crippen molar-refractivity contribution in [3.8, 4) is 5.75 Å². The molecule has 18 heavy (non-hydrogen) atoms. The van der Waals surface area contributed by atoms with Crippen LogP contribution in [0.2, 0.25) is 0 Å². The summed E-state index contributed by atoms with van der Waals surface area (Å²) < 4.78 is 5.96. The zero-order valence-corrected chi connectivity index (χ0v) is 12.0. The summed E-state index contributed by atoms with van der Waals surface area (Å²) in [5, 5.41) is 3.60. The normalized spacial score (nSPS) is 21.2. The maximum atomic E-state index is 5.96. The molecule has 0 amide bonds. The van der Waals surface area contributed by atoms with Crippen LogP contribution in [0.25, 0.3) is 0 Å². The lowest BCUT2D eigenvalue weighted by atomic mass is 10.0. The molecule has 0 aromatic heterocycles. The van der Waals surface area contributed by atoms with Crippen molar-refractivity contribution in [2.24, 2.45) is 5.92 Å². The van der Waals surface area contributed by atoms with Crippen molar-refractivity contribution in [1.82, 2.24) is 5.32 Å². The molecule has 0 radical (unpaired) electrons. The Morgan fingerprint density at radius 2 is 2.17 bits per heavy atom. The molecule has 2 nitrogen and oxygen atoms in total. The molecule has 1 aliphatic rings. The number of rotatable bonds is 5. The van der Waals surface area contributed by atoms with Gasteiger partial charge in [-0.2, -0.15) is 0 Å². The SMILES string of the molecule is CCC(C)C(C)NCC1Cc2cc(C)ccc2O1. The molecular formula is C16H25NO. The van der Waals surface area contributed by atoms with Gasteiger partial charge in [0, 0.05) is 19.0 Å². The standard InChI is InChI=1S/C16H25NO/c1-5-12(3)13(4)17-10-15-9-14-8-11(2)6-7-16(14)18-15/h6-8,12-13,15,17H,5,9-10H2,1-4H3. The van der Waals surface area contributed by atoms with Crippen molar-refractivity contribution >= 4 is 0 Å². The third-order valence-corrected chi connectivity index (χ3v) is 4.12. The van der Waals surface area contributed by atoms with Gasteiger partial charge in [0.05, 0.1) is 0 Å². The summed E-state index contributed by atoms with van der Waals surface area (Å²) in [6, 6.07) is 7.02. The fourth-order valence-corrected chi connectivity index (χ4v) is 2.44. The van der Waals surface area contributed by atoms with Crippen LogP contribution in [0.4, 0.5) is 0 Å². The predicted octanol–water partition coefficient (Wildman–Crippen LogP) is 3.32. The summed E-state index contributed by atoms with van der Waals surface area (Å²) in [5.74, 6) is 1.79. The number of hydrogen-bond acceptors (Lipinski definition) is 2. The number of benzene rings is 1. The van der Waals surface area contributed by atoms with E-state index in [1.165, 1.54) is 17.5 Å². The van der Waals surface area contributed by atoms with Gasteiger partial charge in [0.1, 0.15) is 11.9 Å². The second kappa shape index (κ2) is 5.75. The Hall–Kier alpha value is -1.02. The van der Waals surface area contributed by atoms with Gasteiger partial charge >= 0.3 is 0 Å². The lowest BCUT2D eigenvalue weighted by molar-refractivity contribution is 0.215. The van der Waals surface area contributed by atoms with E-state index in [1.807, 2.05) is 0 Å². The molecule has 3 atom stereocenters. The molecule has 0 spiro atoms. The molecule has 0 saturated carbocycles. The summed E-state index contributed by atoms with van der Waals surface area (Å²) in [5.41, 5.74) is 2.68. The molecule has 100 valence electrons. The molecular weight excluding hydrogens is 222 g/mol. The molecule has 0 fully saturated rings. The highest BCUT2D eigenvalue weighted by molar-refractivity contribution is 5.40. The van der Waals surface area contributed by atoms with Crippen molar-refractivity contribution in [1.29, 1.82) is 0 Å². The topological polar surface area (TPSA) is 21.3 Å². The average Bonchev–Trinajstić information content (AvgIpc) is 2.76. The van der Waals surface area contributed by atoms with E-state index in [9.17, 15) is 0 Å². The van der Waals surface area contributed by atoms with Crippen molar-refractivity contribution in [2.75, 3.05) is 6.54 Å². The van der Waals surface area contributed by atoms with E-state index >= 15 is 0 Å². The molecule has 0 aliphatic carbocycles. The van der Waals surface area contributed by atoms with Gasteiger partial charge in [-0.1, -0.05) is 38.0 Å². The molecule has 2 rings (SSSR count). The Morgan fingerprint density at radius 3 is 2.89 bits per heavy atom. The minimum atomic E-state index is 0.299. The smallest absolute Gasteiger partial charge is 0.123 e. The fourth-order valence-electron chi connectivity index (χ4n) is 2.44. The monoisotopic (exact) mass is 247 g/mol. The second-order valence-corrected chi connectivity index (χ2v) is 5.64. The minimum Gasteiger partial charge on any atom is -0.488 e. The average molecular weight is 247 g/mol. The zero-order chi connectivity index (χ0) is 13.1. The summed E-state index contributed by atoms with van der Waals surface area (Å²) >= 11 is 0. The highest BCUT2D eigenvalue weighted by Gasteiger charge is 2.23. The number of hydrogen-bond donors (Lipinski definition) is 1. The Bertz CT molecular complexity index is 402. The van der Waals surface area contributed by atoms with Crippen LogP contribution in [0.1, 0.15) is 38.3 Å². The van der Waals surface area contributed by atoms with E-state index in [0.29, 0.717) is 12.1 Å². The largest absolute Gasteiger partial charge is 0.488 e. The Kier molecular flexibility index (Phi) is 4.28. The quantitative estimate of drug-likeness (QED) is 0.862. The van der Waals surface area contributed by atoms with E-state index in [1.54, 1.807) is 0 Å². The summed E-state index contributed by atoms with van der Waals surface area (Å²) in [6.07, 6.45) is 2.56. The van der Waals surface area contributed by atoms with Crippen LogP contribution < -0.4 is 10.1 Å². The third-order valence-electron chi connectivity index (χ3n) is 4.12. The molecule has 1 aromatic carbocycles. The van der Waals surface area contributed by atoms with Crippen molar-refractivity contribution in [3.63, 3.8) is 0 Å². The maximum absolute atomic E-state index is 5.96. The molecule has 0 saturated heterocycles. The van der Waals surface area contributed by atoms with Crippen LogP contribution >= 0.6 is 0 Å². The highest BCUT2D eigenvalue weighted by atomic mass is 16.5. The number of ether oxygens (including phenoxy) is 1. The van der Waals surface area contributed by atoms with Crippen LogP contribution in [0.5, 0.6) is 5.75 Å². The van der Waals surface area contributed by atoms with Crippen molar-refractivity contribution in [2.45, 2.75) is 52.7 Å².